The molecule has 5 heteroatoms. The van der Waals surface area contributed by atoms with E-state index in [0.717, 1.165) is 54.5 Å². The molecule has 0 bridgehead atoms. The van der Waals surface area contributed by atoms with Gasteiger partial charge in [0.2, 0.25) is 11.9 Å². The van der Waals surface area contributed by atoms with Crippen molar-refractivity contribution in [3.05, 3.63) is 46.8 Å². The molecule has 5 nitrogen and oxygen atoms in total. The summed E-state index contributed by atoms with van der Waals surface area (Å²) in [5.74, 6) is 0.947. The Hall–Kier alpha value is -2.43. The van der Waals surface area contributed by atoms with E-state index in [4.69, 9.17) is 0 Å². The third-order valence-corrected chi connectivity index (χ3v) is 4.98. The van der Waals surface area contributed by atoms with Gasteiger partial charge in [-0.1, -0.05) is 12.1 Å². The van der Waals surface area contributed by atoms with E-state index in [2.05, 4.69) is 33.2 Å². The Morgan fingerprint density at radius 1 is 1.08 bits per heavy atom. The zero-order chi connectivity index (χ0) is 18.0. The van der Waals surface area contributed by atoms with Crippen LogP contribution in [0.5, 0.6) is 0 Å². The molecular formula is C20H26N4O. The van der Waals surface area contributed by atoms with Crippen molar-refractivity contribution in [3.63, 3.8) is 0 Å². The van der Waals surface area contributed by atoms with Gasteiger partial charge in [-0.15, -0.1) is 0 Å². The van der Waals surface area contributed by atoms with E-state index >= 15 is 0 Å². The highest BCUT2D eigenvalue weighted by molar-refractivity contribution is 5.93. The number of benzene rings is 1. The first kappa shape index (κ1) is 17.4. The Morgan fingerprint density at radius 2 is 1.72 bits per heavy atom. The Kier molecular flexibility index (Phi) is 5.02. The maximum Gasteiger partial charge on any atom is 0.227 e. The molecule has 1 aromatic carbocycles. The normalized spacial score (nSPS) is 15.3. The van der Waals surface area contributed by atoms with Gasteiger partial charge in [0.1, 0.15) is 0 Å². The van der Waals surface area contributed by atoms with Crippen LogP contribution in [0.25, 0.3) is 0 Å². The van der Waals surface area contributed by atoms with Gasteiger partial charge in [0.05, 0.1) is 0 Å². The van der Waals surface area contributed by atoms with Crippen molar-refractivity contribution in [2.24, 2.45) is 5.92 Å². The lowest BCUT2D eigenvalue weighted by Gasteiger charge is -2.31. The number of nitrogens with one attached hydrogen (secondary N) is 1. The van der Waals surface area contributed by atoms with Gasteiger partial charge in [-0.05, 0) is 63.8 Å². The van der Waals surface area contributed by atoms with E-state index in [0.29, 0.717) is 0 Å². The Bertz CT molecular complexity index is 759. The van der Waals surface area contributed by atoms with Gasteiger partial charge in [-0.3, -0.25) is 4.79 Å². The van der Waals surface area contributed by atoms with Crippen molar-refractivity contribution in [2.45, 2.75) is 40.5 Å². The molecule has 132 valence electrons. The number of amides is 1. The van der Waals surface area contributed by atoms with E-state index in [1.165, 1.54) is 5.56 Å². The van der Waals surface area contributed by atoms with Crippen molar-refractivity contribution in [2.75, 3.05) is 23.3 Å². The van der Waals surface area contributed by atoms with Crippen molar-refractivity contribution < 1.29 is 4.79 Å². The molecule has 25 heavy (non-hydrogen) atoms. The molecule has 0 saturated carbocycles. The van der Waals surface area contributed by atoms with Crippen molar-refractivity contribution in [1.29, 1.82) is 0 Å². The Balaban J connectivity index is 1.62. The molecule has 0 unspecified atom stereocenters. The molecule has 1 aromatic heterocycles. The highest BCUT2D eigenvalue weighted by Gasteiger charge is 2.26. The number of hydrogen-bond acceptors (Lipinski definition) is 4. The summed E-state index contributed by atoms with van der Waals surface area (Å²) in [6, 6.07) is 8.00. The fourth-order valence-electron chi connectivity index (χ4n) is 3.31. The molecule has 2 heterocycles. The van der Waals surface area contributed by atoms with Crippen LogP contribution in [-0.4, -0.2) is 29.0 Å². The molecule has 1 aliphatic heterocycles. The summed E-state index contributed by atoms with van der Waals surface area (Å²) in [6.45, 7) is 9.71. The molecule has 1 saturated heterocycles. The highest BCUT2D eigenvalue weighted by atomic mass is 16.1. The van der Waals surface area contributed by atoms with Gasteiger partial charge in [-0.25, -0.2) is 9.97 Å². The minimum Gasteiger partial charge on any atom is -0.341 e. The van der Waals surface area contributed by atoms with Crippen LogP contribution < -0.4 is 10.2 Å². The number of anilines is 2. The number of aryl methyl sites for hydroxylation is 3. The monoisotopic (exact) mass is 338 g/mol. The van der Waals surface area contributed by atoms with Crippen LogP contribution in [0.2, 0.25) is 0 Å². The lowest BCUT2D eigenvalue weighted by atomic mass is 9.95. The Labute approximate surface area is 149 Å². The number of carbonyl (C=O) groups excluding carboxylic acids is 1. The van der Waals surface area contributed by atoms with Crippen LogP contribution in [0.3, 0.4) is 0 Å². The van der Waals surface area contributed by atoms with E-state index in [-0.39, 0.29) is 11.8 Å². The zero-order valence-corrected chi connectivity index (χ0v) is 15.5. The maximum absolute atomic E-state index is 12.6. The second-order valence-electron chi connectivity index (χ2n) is 6.95. The maximum atomic E-state index is 12.6. The fraction of sp³-hybridized carbons (Fsp3) is 0.450. The summed E-state index contributed by atoms with van der Waals surface area (Å²) in [4.78, 5) is 23.9. The molecular weight excluding hydrogens is 312 g/mol. The summed E-state index contributed by atoms with van der Waals surface area (Å²) in [5.41, 5.74) is 5.22. The minimum absolute atomic E-state index is 0.0436. The number of hydrogen-bond donors (Lipinski definition) is 1. The SMILES string of the molecule is Cc1cc(C)nc(N2CCC(C(=O)Nc3cccc(C)c3C)CC2)n1. The highest BCUT2D eigenvalue weighted by Crippen LogP contribution is 2.24. The summed E-state index contributed by atoms with van der Waals surface area (Å²) in [5, 5.41) is 3.10. The van der Waals surface area contributed by atoms with Gasteiger partial charge in [-0.2, -0.15) is 0 Å². The second kappa shape index (κ2) is 7.21. The predicted octanol–water partition coefficient (Wildman–Crippen LogP) is 3.57. The molecule has 3 rings (SSSR count). The van der Waals surface area contributed by atoms with Crippen LogP contribution in [-0.2, 0) is 4.79 Å². The van der Waals surface area contributed by atoms with Gasteiger partial charge in [0.15, 0.2) is 0 Å². The van der Waals surface area contributed by atoms with E-state index in [1.54, 1.807) is 0 Å². The van der Waals surface area contributed by atoms with Gasteiger partial charge in [0, 0.05) is 36.1 Å². The smallest absolute Gasteiger partial charge is 0.227 e. The largest absolute Gasteiger partial charge is 0.341 e. The quantitative estimate of drug-likeness (QED) is 0.929. The first-order chi connectivity index (χ1) is 11.9. The fourth-order valence-corrected chi connectivity index (χ4v) is 3.31. The van der Waals surface area contributed by atoms with Gasteiger partial charge >= 0.3 is 0 Å². The van der Waals surface area contributed by atoms with Crippen LogP contribution >= 0.6 is 0 Å². The van der Waals surface area contributed by atoms with E-state index in [9.17, 15) is 4.79 Å². The van der Waals surface area contributed by atoms with Gasteiger partial charge < -0.3 is 10.2 Å². The molecule has 0 radical (unpaired) electrons. The molecule has 0 spiro atoms. The lowest BCUT2D eigenvalue weighted by Crippen LogP contribution is -2.39. The minimum atomic E-state index is 0.0436. The Morgan fingerprint density at radius 3 is 2.36 bits per heavy atom. The molecule has 1 N–H and O–H groups in total. The lowest BCUT2D eigenvalue weighted by molar-refractivity contribution is -0.120. The number of nitrogens with zero attached hydrogens (tertiary/aromatic N) is 3. The van der Waals surface area contributed by atoms with Gasteiger partial charge in [0.25, 0.3) is 0 Å². The number of rotatable bonds is 3. The molecule has 2 aromatic rings. The number of carbonyl (C=O) groups is 1. The molecule has 1 fully saturated rings. The molecule has 1 aliphatic rings. The van der Waals surface area contributed by atoms with Crippen molar-refractivity contribution >= 4 is 17.5 Å². The first-order valence-electron chi connectivity index (χ1n) is 8.88. The third kappa shape index (κ3) is 3.98. The topological polar surface area (TPSA) is 58.1 Å². The zero-order valence-electron chi connectivity index (χ0n) is 15.5. The summed E-state index contributed by atoms with van der Waals surface area (Å²) in [6.07, 6.45) is 1.65. The first-order valence-corrected chi connectivity index (χ1v) is 8.88. The second-order valence-corrected chi connectivity index (χ2v) is 6.95. The standard InChI is InChI=1S/C20H26N4O/c1-13-6-5-7-18(16(13)4)23-19(25)17-8-10-24(11-9-17)20-21-14(2)12-15(3)22-20/h5-7,12,17H,8-11H2,1-4H3,(H,23,25). The molecule has 0 atom stereocenters. The molecule has 1 amide bonds. The average molecular weight is 338 g/mol. The molecule has 0 aliphatic carbocycles. The van der Waals surface area contributed by atoms with E-state index in [1.807, 2.05) is 39.0 Å². The summed E-state index contributed by atoms with van der Waals surface area (Å²) in [7, 11) is 0. The van der Waals surface area contributed by atoms with Crippen LogP contribution in [0.15, 0.2) is 24.3 Å². The van der Waals surface area contributed by atoms with E-state index < -0.39 is 0 Å². The number of piperidine rings is 1. The van der Waals surface area contributed by atoms with Crippen LogP contribution in [0.4, 0.5) is 11.6 Å². The average Bonchev–Trinajstić information content (AvgIpc) is 2.58. The van der Waals surface area contributed by atoms with Crippen LogP contribution in [0.1, 0.15) is 35.4 Å². The van der Waals surface area contributed by atoms with Crippen molar-refractivity contribution in [1.82, 2.24) is 9.97 Å². The summed E-state index contributed by atoms with van der Waals surface area (Å²) < 4.78 is 0. The third-order valence-electron chi connectivity index (χ3n) is 4.98. The van der Waals surface area contributed by atoms with Crippen molar-refractivity contribution in [3.8, 4) is 0 Å². The predicted molar refractivity (Wildman–Crippen MR) is 101 cm³/mol. The summed E-state index contributed by atoms with van der Waals surface area (Å²) >= 11 is 0. The van der Waals surface area contributed by atoms with Crippen LogP contribution in [0, 0.1) is 33.6 Å². The number of aromatic nitrogens is 2.